The van der Waals surface area contributed by atoms with Gasteiger partial charge in [-0.1, -0.05) is 27.2 Å². The van der Waals surface area contributed by atoms with Gasteiger partial charge in [-0.2, -0.15) is 0 Å². The molecule has 1 heterocycles. The second kappa shape index (κ2) is 3.46. The van der Waals surface area contributed by atoms with E-state index in [1.165, 1.54) is 6.42 Å². The van der Waals surface area contributed by atoms with Gasteiger partial charge in [-0.05, 0) is 18.3 Å². The van der Waals surface area contributed by atoms with Crippen LogP contribution in [0.2, 0.25) is 0 Å². The number of carbonyl (C=O) groups excluding carboxylic acids is 1. The van der Waals surface area contributed by atoms with E-state index in [-0.39, 0.29) is 11.3 Å². The van der Waals surface area contributed by atoms with Gasteiger partial charge in [0.25, 0.3) is 0 Å². The number of amides is 1. The van der Waals surface area contributed by atoms with Crippen LogP contribution in [0.1, 0.15) is 46.5 Å². The lowest BCUT2D eigenvalue weighted by atomic mass is 9.77. The zero-order valence-corrected chi connectivity index (χ0v) is 8.31. The van der Waals surface area contributed by atoms with Crippen LogP contribution in [0.15, 0.2) is 0 Å². The van der Waals surface area contributed by atoms with Crippen molar-refractivity contribution in [2.75, 3.05) is 0 Å². The molecule has 0 aliphatic carbocycles. The molecule has 0 bridgehead atoms. The van der Waals surface area contributed by atoms with Crippen molar-refractivity contribution in [1.29, 1.82) is 0 Å². The normalized spacial score (nSPS) is 35.2. The van der Waals surface area contributed by atoms with Gasteiger partial charge in [0.15, 0.2) is 0 Å². The molecule has 1 rings (SSSR count). The highest BCUT2D eigenvalue weighted by atomic mass is 16.2. The predicted molar refractivity (Wildman–Crippen MR) is 49.9 cm³/mol. The molecule has 0 aromatic heterocycles. The fourth-order valence-electron chi connectivity index (χ4n) is 2.34. The molecule has 12 heavy (non-hydrogen) atoms. The van der Waals surface area contributed by atoms with Crippen LogP contribution in [0.5, 0.6) is 0 Å². The minimum Gasteiger partial charge on any atom is -0.353 e. The summed E-state index contributed by atoms with van der Waals surface area (Å²) >= 11 is 0. The maximum absolute atomic E-state index is 11.2. The molecule has 0 radical (unpaired) electrons. The SMILES string of the molecule is CCCC1(C)CC(=O)NC1CC. The van der Waals surface area contributed by atoms with E-state index in [0.29, 0.717) is 6.04 Å². The smallest absolute Gasteiger partial charge is 0.220 e. The summed E-state index contributed by atoms with van der Waals surface area (Å²) in [4.78, 5) is 11.2. The summed E-state index contributed by atoms with van der Waals surface area (Å²) in [7, 11) is 0. The fourth-order valence-corrected chi connectivity index (χ4v) is 2.34. The average molecular weight is 169 g/mol. The number of hydrogen-bond acceptors (Lipinski definition) is 1. The van der Waals surface area contributed by atoms with E-state index in [1.807, 2.05) is 0 Å². The van der Waals surface area contributed by atoms with Crippen LogP contribution in [0.25, 0.3) is 0 Å². The summed E-state index contributed by atoms with van der Waals surface area (Å²) in [6.07, 6.45) is 4.10. The first-order valence-corrected chi connectivity index (χ1v) is 4.91. The highest BCUT2D eigenvalue weighted by Gasteiger charge is 2.40. The van der Waals surface area contributed by atoms with Crippen molar-refractivity contribution in [3.63, 3.8) is 0 Å². The Kier molecular flexibility index (Phi) is 2.76. The number of carbonyl (C=O) groups is 1. The van der Waals surface area contributed by atoms with Crippen molar-refractivity contribution in [3.05, 3.63) is 0 Å². The van der Waals surface area contributed by atoms with Gasteiger partial charge in [-0.3, -0.25) is 4.79 Å². The second-order valence-electron chi connectivity index (χ2n) is 4.11. The molecule has 1 amide bonds. The van der Waals surface area contributed by atoms with E-state index >= 15 is 0 Å². The van der Waals surface area contributed by atoms with Crippen LogP contribution in [-0.4, -0.2) is 11.9 Å². The molecule has 2 heteroatoms. The van der Waals surface area contributed by atoms with Crippen molar-refractivity contribution >= 4 is 5.91 Å². The second-order valence-corrected chi connectivity index (χ2v) is 4.11. The Morgan fingerprint density at radius 3 is 2.75 bits per heavy atom. The van der Waals surface area contributed by atoms with Gasteiger partial charge in [0, 0.05) is 12.5 Å². The van der Waals surface area contributed by atoms with Crippen LogP contribution in [-0.2, 0) is 4.79 Å². The zero-order valence-electron chi connectivity index (χ0n) is 8.31. The van der Waals surface area contributed by atoms with Gasteiger partial charge in [0.2, 0.25) is 5.91 Å². The Morgan fingerprint density at radius 1 is 1.58 bits per heavy atom. The van der Waals surface area contributed by atoms with E-state index in [2.05, 4.69) is 26.1 Å². The monoisotopic (exact) mass is 169 g/mol. The topological polar surface area (TPSA) is 29.1 Å². The summed E-state index contributed by atoms with van der Waals surface area (Å²) in [5.74, 6) is 0.234. The van der Waals surface area contributed by atoms with E-state index in [4.69, 9.17) is 0 Å². The molecule has 1 saturated heterocycles. The summed E-state index contributed by atoms with van der Waals surface area (Å²) < 4.78 is 0. The standard InChI is InChI=1S/C10H19NO/c1-4-6-10(3)7-9(12)11-8(10)5-2/h8H,4-7H2,1-3H3,(H,11,12). The van der Waals surface area contributed by atoms with Crippen LogP contribution in [0, 0.1) is 5.41 Å². The zero-order chi connectivity index (χ0) is 9.19. The molecule has 70 valence electrons. The van der Waals surface area contributed by atoms with Crippen molar-refractivity contribution in [2.24, 2.45) is 5.41 Å². The maximum Gasteiger partial charge on any atom is 0.220 e. The largest absolute Gasteiger partial charge is 0.353 e. The van der Waals surface area contributed by atoms with Crippen molar-refractivity contribution in [1.82, 2.24) is 5.32 Å². The molecular formula is C10H19NO. The molecule has 0 spiro atoms. The lowest BCUT2D eigenvalue weighted by Gasteiger charge is -2.28. The van der Waals surface area contributed by atoms with Crippen LogP contribution >= 0.6 is 0 Å². The molecule has 0 saturated carbocycles. The molecule has 0 aromatic carbocycles. The third-order valence-corrected chi connectivity index (χ3v) is 2.97. The van der Waals surface area contributed by atoms with Crippen molar-refractivity contribution in [2.45, 2.75) is 52.5 Å². The molecule has 0 aromatic rings. The molecule has 1 aliphatic rings. The summed E-state index contributed by atoms with van der Waals surface area (Å²) in [5, 5.41) is 3.04. The Bertz CT molecular complexity index is 179. The fraction of sp³-hybridized carbons (Fsp3) is 0.900. The Hall–Kier alpha value is -0.530. The van der Waals surface area contributed by atoms with E-state index in [0.717, 1.165) is 19.3 Å². The van der Waals surface area contributed by atoms with Gasteiger partial charge in [0.1, 0.15) is 0 Å². The van der Waals surface area contributed by atoms with E-state index in [1.54, 1.807) is 0 Å². The van der Waals surface area contributed by atoms with Crippen molar-refractivity contribution in [3.8, 4) is 0 Å². The highest BCUT2D eigenvalue weighted by Crippen LogP contribution is 2.37. The van der Waals surface area contributed by atoms with Crippen molar-refractivity contribution < 1.29 is 4.79 Å². The Labute approximate surface area is 74.7 Å². The summed E-state index contributed by atoms with van der Waals surface area (Å²) in [6, 6.07) is 0.407. The van der Waals surface area contributed by atoms with Gasteiger partial charge >= 0.3 is 0 Å². The molecular weight excluding hydrogens is 150 g/mol. The predicted octanol–water partition coefficient (Wildman–Crippen LogP) is 2.09. The average Bonchev–Trinajstić information content (AvgIpc) is 2.26. The number of rotatable bonds is 3. The first-order valence-electron chi connectivity index (χ1n) is 4.91. The molecule has 1 N–H and O–H groups in total. The van der Waals surface area contributed by atoms with Crippen LogP contribution in [0.4, 0.5) is 0 Å². The number of nitrogens with one attached hydrogen (secondary N) is 1. The van der Waals surface area contributed by atoms with E-state index in [9.17, 15) is 4.79 Å². The quantitative estimate of drug-likeness (QED) is 0.688. The van der Waals surface area contributed by atoms with Gasteiger partial charge in [-0.25, -0.2) is 0 Å². The first kappa shape index (κ1) is 9.56. The highest BCUT2D eigenvalue weighted by molar-refractivity contribution is 5.79. The summed E-state index contributed by atoms with van der Waals surface area (Å²) in [5.41, 5.74) is 0.223. The minimum atomic E-state index is 0.223. The third kappa shape index (κ3) is 1.62. The summed E-state index contributed by atoms with van der Waals surface area (Å²) in [6.45, 7) is 6.55. The first-order chi connectivity index (χ1) is 5.62. The van der Waals surface area contributed by atoms with Gasteiger partial charge < -0.3 is 5.32 Å². The molecule has 2 unspecified atom stereocenters. The Morgan fingerprint density at radius 2 is 2.25 bits per heavy atom. The maximum atomic E-state index is 11.2. The lowest BCUT2D eigenvalue weighted by molar-refractivity contribution is -0.119. The molecule has 1 fully saturated rings. The third-order valence-electron chi connectivity index (χ3n) is 2.97. The molecule has 2 atom stereocenters. The van der Waals surface area contributed by atoms with Crippen LogP contribution in [0.3, 0.4) is 0 Å². The molecule has 2 nitrogen and oxygen atoms in total. The van der Waals surface area contributed by atoms with Gasteiger partial charge in [0.05, 0.1) is 0 Å². The van der Waals surface area contributed by atoms with E-state index < -0.39 is 0 Å². The van der Waals surface area contributed by atoms with Gasteiger partial charge in [-0.15, -0.1) is 0 Å². The Balaban J connectivity index is 2.66. The number of hydrogen-bond donors (Lipinski definition) is 1. The minimum absolute atomic E-state index is 0.223. The lowest BCUT2D eigenvalue weighted by Crippen LogP contribution is -2.34. The van der Waals surface area contributed by atoms with Crippen LogP contribution < -0.4 is 5.32 Å². The molecule has 1 aliphatic heterocycles.